The molecule has 1 saturated carbocycles. The van der Waals surface area contributed by atoms with Crippen molar-refractivity contribution in [3.63, 3.8) is 0 Å². The summed E-state index contributed by atoms with van der Waals surface area (Å²) in [6, 6.07) is 8.35. The van der Waals surface area contributed by atoms with Gasteiger partial charge in [-0.1, -0.05) is 24.6 Å². The standard InChI is InChI=1S/C14H17NO/c16-10-12-9-15(8-11-4-3-5-11)14-7-2-1-6-13(12)14/h1-2,6-7,9,11,16H,3-5,8,10H2. The Balaban J connectivity index is 2.02. The van der Waals surface area contributed by atoms with Crippen LogP contribution in [0.5, 0.6) is 0 Å². The highest BCUT2D eigenvalue weighted by Crippen LogP contribution is 2.30. The van der Waals surface area contributed by atoms with E-state index in [1.807, 2.05) is 6.07 Å². The number of aromatic nitrogens is 1. The molecule has 1 aliphatic rings. The molecule has 0 aliphatic heterocycles. The summed E-state index contributed by atoms with van der Waals surface area (Å²) in [4.78, 5) is 0. The van der Waals surface area contributed by atoms with Crippen molar-refractivity contribution in [2.45, 2.75) is 32.4 Å². The third-order valence-electron chi connectivity index (χ3n) is 3.72. The van der Waals surface area contributed by atoms with E-state index < -0.39 is 0 Å². The number of hydrogen-bond donors (Lipinski definition) is 1. The normalized spacial score (nSPS) is 16.6. The molecule has 1 fully saturated rings. The molecule has 2 nitrogen and oxygen atoms in total. The Morgan fingerprint density at radius 3 is 2.75 bits per heavy atom. The lowest BCUT2D eigenvalue weighted by Crippen LogP contribution is -2.17. The SMILES string of the molecule is OCc1cn(CC2CCC2)c2ccccc12. The summed E-state index contributed by atoms with van der Waals surface area (Å²) in [5.41, 5.74) is 2.31. The summed E-state index contributed by atoms with van der Waals surface area (Å²) in [7, 11) is 0. The minimum Gasteiger partial charge on any atom is -0.392 e. The van der Waals surface area contributed by atoms with Crippen LogP contribution in [0.2, 0.25) is 0 Å². The molecule has 1 heterocycles. The molecule has 1 N–H and O–H groups in total. The quantitative estimate of drug-likeness (QED) is 0.836. The summed E-state index contributed by atoms with van der Waals surface area (Å²) in [6.07, 6.45) is 6.22. The molecule has 0 spiro atoms. The highest BCUT2D eigenvalue weighted by Gasteiger charge is 2.19. The second-order valence-corrected chi connectivity index (χ2v) is 4.78. The average molecular weight is 215 g/mol. The Kier molecular flexibility index (Phi) is 2.44. The van der Waals surface area contributed by atoms with Crippen LogP contribution in [0.25, 0.3) is 10.9 Å². The van der Waals surface area contributed by atoms with Gasteiger partial charge in [-0.05, 0) is 24.8 Å². The van der Waals surface area contributed by atoms with Crippen LogP contribution < -0.4 is 0 Å². The summed E-state index contributed by atoms with van der Waals surface area (Å²) in [5, 5.41) is 10.5. The van der Waals surface area contributed by atoms with Crippen LogP contribution in [0.4, 0.5) is 0 Å². The smallest absolute Gasteiger partial charge is 0.0702 e. The highest BCUT2D eigenvalue weighted by molar-refractivity contribution is 5.83. The molecule has 1 aliphatic carbocycles. The van der Waals surface area contributed by atoms with Gasteiger partial charge in [0, 0.05) is 29.2 Å². The summed E-state index contributed by atoms with van der Waals surface area (Å²) in [6.45, 7) is 1.25. The first kappa shape index (κ1) is 9.91. The molecular weight excluding hydrogens is 198 g/mol. The second kappa shape index (κ2) is 3.95. The second-order valence-electron chi connectivity index (χ2n) is 4.78. The van der Waals surface area contributed by atoms with Crippen molar-refractivity contribution in [3.05, 3.63) is 36.0 Å². The van der Waals surface area contributed by atoms with Gasteiger partial charge >= 0.3 is 0 Å². The van der Waals surface area contributed by atoms with E-state index in [2.05, 4.69) is 29.0 Å². The lowest BCUT2D eigenvalue weighted by atomic mass is 9.85. The predicted molar refractivity (Wildman–Crippen MR) is 65.2 cm³/mol. The molecule has 0 unspecified atom stereocenters. The van der Waals surface area contributed by atoms with Gasteiger partial charge < -0.3 is 9.67 Å². The van der Waals surface area contributed by atoms with Crippen molar-refractivity contribution in [1.82, 2.24) is 4.57 Å². The van der Waals surface area contributed by atoms with Crippen molar-refractivity contribution in [1.29, 1.82) is 0 Å². The summed E-state index contributed by atoms with van der Waals surface area (Å²) in [5.74, 6) is 0.849. The van der Waals surface area contributed by atoms with E-state index in [9.17, 15) is 5.11 Å². The van der Waals surface area contributed by atoms with Crippen molar-refractivity contribution in [3.8, 4) is 0 Å². The summed E-state index contributed by atoms with van der Waals surface area (Å²) >= 11 is 0. The Bertz CT molecular complexity index is 496. The predicted octanol–water partition coefficient (Wildman–Crippen LogP) is 2.93. The van der Waals surface area contributed by atoms with Gasteiger partial charge in [-0.15, -0.1) is 0 Å². The third-order valence-corrected chi connectivity index (χ3v) is 3.72. The molecular formula is C14H17NO. The molecule has 0 radical (unpaired) electrons. The average Bonchev–Trinajstić information content (AvgIpc) is 2.62. The van der Waals surface area contributed by atoms with Crippen molar-refractivity contribution < 1.29 is 5.11 Å². The molecule has 3 rings (SSSR count). The van der Waals surface area contributed by atoms with Crippen LogP contribution in [-0.2, 0) is 13.2 Å². The number of para-hydroxylation sites is 1. The molecule has 16 heavy (non-hydrogen) atoms. The van der Waals surface area contributed by atoms with Gasteiger partial charge in [-0.2, -0.15) is 0 Å². The molecule has 0 bridgehead atoms. The lowest BCUT2D eigenvalue weighted by Gasteiger charge is -2.26. The highest BCUT2D eigenvalue weighted by atomic mass is 16.3. The van der Waals surface area contributed by atoms with Crippen molar-refractivity contribution >= 4 is 10.9 Å². The zero-order chi connectivity index (χ0) is 11.0. The summed E-state index contributed by atoms with van der Waals surface area (Å²) < 4.78 is 2.31. The minimum atomic E-state index is 0.137. The molecule has 2 heteroatoms. The first-order valence-corrected chi connectivity index (χ1v) is 6.06. The van der Waals surface area contributed by atoms with Crippen LogP contribution in [0.1, 0.15) is 24.8 Å². The Hall–Kier alpha value is -1.28. The minimum absolute atomic E-state index is 0.137. The largest absolute Gasteiger partial charge is 0.392 e. The lowest BCUT2D eigenvalue weighted by molar-refractivity contribution is 0.274. The Morgan fingerprint density at radius 1 is 1.25 bits per heavy atom. The Labute approximate surface area is 95.5 Å². The monoisotopic (exact) mass is 215 g/mol. The molecule has 84 valence electrons. The molecule has 0 amide bonds. The van der Waals surface area contributed by atoms with E-state index in [1.165, 1.54) is 30.2 Å². The van der Waals surface area contributed by atoms with E-state index in [4.69, 9.17) is 0 Å². The number of nitrogens with zero attached hydrogens (tertiary/aromatic N) is 1. The van der Waals surface area contributed by atoms with Crippen LogP contribution in [-0.4, -0.2) is 9.67 Å². The third kappa shape index (κ3) is 1.54. The maximum atomic E-state index is 9.34. The number of benzene rings is 1. The fourth-order valence-corrected chi connectivity index (χ4v) is 2.55. The van der Waals surface area contributed by atoms with Gasteiger partial charge in [0.05, 0.1) is 6.61 Å². The van der Waals surface area contributed by atoms with E-state index >= 15 is 0 Å². The molecule has 1 aromatic carbocycles. The maximum absolute atomic E-state index is 9.34. The first-order valence-electron chi connectivity index (χ1n) is 6.06. The van der Waals surface area contributed by atoms with Gasteiger partial charge in [0.15, 0.2) is 0 Å². The van der Waals surface area contributed by atoms with E-state index in [0.29, 0.717) is 0 Å². The first-order chi connectivity index (χ1) is 7.88. The van der Waals surface area contributed by atoms with Crippen LogP contribution in [0, 0.1) is 5.92 Å². The van der Waals surface area contributed by atoms with Gasteiger partial charge in [-0.3, -0.25) is 0 Å². The van der Waals surface area contributed by atoms with Crippen molar-refractivity contribution in [2.75, 3.05) is 0 Å². The van der Waals surface area contributed by atoms with Crippen molar-refractivity contribution in [2.24, 2.45) is 5.92 Å². The zero-order valence-corrected chi connectivity index (χ0v) is 9.39. The van der Waals surface area contributed by atoms with Gasteiger partial charge in [0.2, 0.25) is 0 Å². The van der Waals surface area contributed by atoms with Crippen LogP contribution in [0.3, 0.4) is 0 Å². The fraction of sp³-hybridized carbons (Fsp3) is 0.429. The molecule has 0 atom stereocenters. The maximum Gasteiger partial charge on any atom is 0.0702 e. The topological polar surface area (TPSA) is 25.2 Å². The van der Waals surface area contributed by atoms with E-state index in [1.54, 1.807) is 0 Å². The molecule has 0 saturated heterocycles. The number of rotatable bonds is 3. The van der Waals surface area contributed by atoms with Gasteiger partial charge in [0.25, 0.3) is 0 Å². The van der Waals surface area contributed by atoms with Gasteiger partial charge in [-0.25, -0.2) is 0 Å². The zero-order valence-electron chi connectivity index (χ0n) is 9.39. The van der Waals surface area contributed by atoms with Gasteiger partial charge in [0.1, 0.15) is 0 Å². The van der Waals surface area contributed by atoms with E-state index in [0.717, 1.165) is 18.0 Å². The Morgan fingerprint density at radius 2 is 2.06 bits per heavy atom. The number of aliphatic hydroxyl groups is 1. The van der Waals surface area contributed by atoms with Crippen LogP contribution >= 0.6 is 0 Å². The number of aliphatic hydroxyl groups excluding tert-OH is 1. The van der Waals surface area contributed by atoms with E-state index in [-0.39, 0.29) is 6.61 Å². The van der Waals surface area contributed by atoms with Crippen LogP contribution in [0.15, 0.2) is 30.5 Å². The molecule has 1 aromatic heterocycles. The number of hydrogen-bond acceptors (Lipinski definition) is 1. The fourth-order valence-electron chi connectivity index (χ4n) is 2.55. The molecule has 2 aromatic rings. The number of fused-ring (bicyclic) bond motifs is 1.